The second-order valence-corrected chi connectivity index (χ2v) is 10.8. The van der Waals surface area contributed by atoms with E-state index in [1.54, 1.807) is 54.6 Å². The fourth-order valence-electron chi connectivity index (χ4n) is 4.25. The Morgan fingerprint density at radius 2 is 1.40 bits per heavy atom. The summed E-state index contributed by atoms with van der Waals surface area (Å²) >= 11 is 1.37. The maximum Gasteiger partial charge on any atom is 0.272 e. The van der Waals surface area contributed by atoms with Crippen molar-refractivity contribution in [1.29, 1.82) is 0 Å². The Morgan fingerprint density at radius 1 is 0.756 bits per heavy atom. The molecular formula is C36H31N3O5S. The van der Waals surface area contributed by atoms with Gasteiger partial charge in [0, 0.05) is 33.5 Å². The van der Waals surface area contributed by atoms with Crippen molar-refractivity contribution >= 4 is 46.9 Å². The van der Waals surface area contributed by atoms with Gasteiger partial charge < -0.3 is 25.1 Å². The summed E-state index contributed by atoms with van der Waals surface area (Å²) in [4.78, 5) is 39.6. The summed E-state index contributed by atoms with van der Waals surface area (Å²) in [7, 11) is 0. The molecule has 226 valence electrons. The molecule has 3 N–H and O–H groups in total. The third-order valence-corrected chi connectivity index (χ3v) is 7.44. The summed E-state index contributed by atoms with van der Waals surface area (Å²) in [5, 5.41) is 8.42. The first-order chi connectivity index (χ1) is 22.0. The SMILES string of the molecule is CCOc1ccc(NC(=O)CSc2ccc(NC(=O)/C(=C\c3ccc(-c4ccccc4)o3)NC(=O)c3ccccc3)cc2)cc1. The molecule has 0 spiro atoms. The van der Waals surface area contributed by atoms with E-state index in [9.17, 15) is 14.4 Å². The summed E-state index contributed by atoms with van der Waals surface area (Å²) in [5.41, 5.74) is 2.53. The molecule has 1 heterocycles. The molecule has 8 nitrogen and oxygen atoms in total. The van der Waals surface area contributed by atoms with Gasteiger partial charge in [-0.3, -0.25) is 14.4 Å². The van der Waals surface area contributed by atoms with Crippen LogP contribution >= 0.6 is 11.8 Å². The third kappa shape index (κ3) is 8.98. The van der Waals surface area contributed by atoms with Crippen molar-refractivity contribution in [2.75, 3.05) is 23.0 Å². The van der Waals surface area contributed by atoms with E-state index >= 15 is 0 Å². The van der Waals surface area contributed by atoms with Crippen molar-refractivity contribution < 1.29 is 23.5 Å². The number of anilines is 2. The Morgan fingerprint density at radius 3 is 2.09 bits per heavy atom. The van der Waals surface area contributed by atoms with Crippen molar-refractivity contribution in [3.63, 3.8) is 0 Å². The summed E-state index contributed by atoms with van der Waals surface area (Å²) in [5.74, 6) is 0.912. The van der Waals surface area contributed by atoms with Gasteiger partial charge in [0.1, 0.15) is 23.0 Å². The molecular weight excluding hydrogens is 586 g/mol. The average Bonchev–Trinajstić information content (AvgIpc) is 3.54. The molecule has 0 saturated carbocycles. The van der Waals surface area contributed by atoms with Gasteiger partial charge in [0.25, 0.3) is 11.8 Å². The molecule has 5 aromatic rings. The first-order valence-electron chi connectivity index (χ1n) is 14.3. The van der Waals surface area contributed by atoms with Crippen molar-refractivity contribution in [2.24, 2.45) is 0 Å². The number of hydrogen-bond acceptors (Lipinski definition) is 6. The lowest BCUT2D eigenvalue weighted by Crippen LogP contribution is -2.30. The highest BCUT2D eigenvalue weighted by atomic mass is 32.2. The number of nitrogens with one attached hydrogen (secondary N) is 3. The van der Waals surface area contributed by atoms with Crippen molar-refractivity contribution in [3.05, 3.63) is 138 Å². The number of benzene rings is 4. The maximum atomic E-state index is 13.4. The maximum absolute atomic E-state index is 13.4. The van der Waals surface area contributed by atoms with Gasteiger partial charge in [-0.1, -0.05) is 48.5 Å². The van der Waals surface area contributed by atoms with Crippen molar-refractivity contribution in [2.45, 2.75) is 11.8 Å². The summed E-state index contributed by atoms with van der Waals surface area (Å²) in [6.07, 6.45) is 1.50. The Hall–Kier alpha value is -5.54. The zero-order valence-corrected chi connectivity index (χ0v) is 25.3. The Labute approximate surface area is 265 Å². The fraction of sp³-hybridized carbons (Fsp3) is 0.0833. The highest BCUT2D eigenvalue weighted by molar-refractivity contribution is 8.00. The van der Waals surface area contributed by atoms with Crippen LogP contribution in [0.5, 0.6) is 5.75 Å². The minimum atomic E-state index is -0.521. The van der Waals surface area contributed by atoms with E-state index in [0.29, 0.717) is 35.1 Å². The van der Waals surface area contributed by atoms with E-state index < -0.39 is 11.8 Å². The first kappa shape index (κ1) is 30.9. The second kappa shape index (κ2) is 15.3. The van der Waals surface area contributed by atoms with Crippen LogP contribution in [0.4, 0.5) is 11.4 Å². The quantitative estimate of drug-likeness (QED) is 0.0989. The van der Waals surface area contributed by atoms with E-state index in [1.165, 1.54) is 17.8 Å². The number of ether oxygens (including phenoxy) is 1. The molecule has 1 aromatic heterocycles. The molecule has 0 atom stereocenters. The molecule has 0 bridgehead atoms. The minimum absolute atomic E-state index is 0.0160. The number of rotatable bonds is 12. The van der Waals surface area contributed by atoms with Gasteiger partial charge in [-0.25, -0.2) is 0 Å². The van der Waals surface area contributed by atoms with Gasteiger partial charge in [-0.15, -0.1) is 11.8 Å². The molecule has 45 heavy (non-hydrogen) atoms. The van der Waals surface area contributed by atoms with Crippen LogP contribution in [0.15, 0.2) is 136 Å². The summed E-state index contributed by atoms with van der Waals surface area (Å²) < 4.78 is 11.4. The van der Waals surface area contributed by atoms with Crippen LogP contribution in [-0.2, 0) is 9.59 Å². The topological polar surface area (TPSA) is 110 Å². The third-order valence-electron chi connectivity index (χ3n) is 6.43. The zero-order valence-electron chi connectivity index (χ0n) is 24.5. The zero-order chi connectivity index (χ0) is 31.4. The van der Waals surface area contributed by atoms with Crippen LogP contribution in [0, 0.1) is 0 Å². The van der Waals surface area contributed by atoms with E-state index in [4.69, 9.17) is 9.15 Å². The van der Waals surface area contributed by atoms with Crippen molar-refractivity contribution in [1.82, 2.24) is 5.32 Å². The molecule has 0 unspecified atom stereocenters. The standard InChI is InChI=1S/C36H31N3O5S/c1-2-43-29-17-13-27(14-18-29)37-34(40)24-45-31-20-15-28(16-21-31)38-36(42)32(39-35(41)26-11-7-4-8-12-26)23-30-19-22-33(44-30)25-9-5-3-6-10-25/h3-23H,2,24H2,1H3,(H,37,40)(H,38,42)(H,39,41)/b32-23+. The molecule has 5 rings (SSSR count). The van der Waals surface area contributed by atoms with Crippen LogP contribution in [-0.4, -0.2) is 30.1 Å². The summed E-state index contributed by atoms with van der Waals surface area (Å²) in [6, 6.07) is 36.1. The van der Waals surface area contributed by atoms with Crippen LogP contribution in [0.1, 0.15) is 23.0 Å². The van der Waals surface area contributed by atoms with Gasteiger partial charge in [-0.05, 0) is 79.7 Å². The monoisotopic (exact) mass is 617 g/mol. The molecule has 3 amide bonds. The highest BCUT2D eigenvalue weighted by Crippen LogP contribution is 2.24. The van der Waals surface area contributed by atoms with Crippen LogP contribution in [0.25, 0.3) is 17.4 Å². The number of furan rings is 1. The van der Waals surface area contributed by atoms with Crippen LogP contribution < -0.4 is 20.7 Å². The molecule has 0 aliphatic carbocycles. The minimum Gasteiger partial charge on any atom is -0.494 e. The number of amides is 3. The Kier molecular flexibility index (Phi) is 10.5. The predicted molar refractivity (Wildman–Crippen MR) is 178 cm³/mol. The van der Waals surface area contributed by atoms with Gasteiger partial charge in [0.2, 0.25) is 5.91 Å². The molecule has 0 fully saturated rings. The Bertz CT molecular complexity index is 1770. The van der Waals surface area contributed by atoms with Gasteiger partial charge >= 0.3 is 0 Å². The van der Waals surface area contributed by atoms with Crippen LogP contribution in [0.3, 0.4) is 0 Å². The van der Waals surface area contributed by atoms with Gasteiger partial charge in [0.05, 0.1) is 12.4 Å². The molecule has 9 heteroatoms. The van der Waals surface area contributed by atoms with Gasteiger partial charge in [-0.2, -0.15) is 0 Å². The molecule has 0 aliphatic heterocycles. The first-order valence-corrected chi connectivity index (χ1v) is 15.3. The molecule has 0 saturated heterocycles. The van der Waals surface area contributed by atoms with E-state index in [0.717, 1.165) is 16.2 Å². The van der Waals surface area contributed by atoms with E-state index in [2.05, 4.69) is 16.0 Å². The number of thioether (sulfide) groups is 1. The van der Waals surface area contributed by atoms with E-state index in [-0.39, 0.29) is 17.4 Å². The number of carbonyl (C=O) groups is 3. The predicted octanol–water partition coefficient (Wildman–Crippen LogP) is 7.49. The number of hydrogen-bond donors (Lipinski definition) is 3. The molecule has 4 aromatic carbocycles. The summed E-state index contributed by atoms with van der Waals surface area (Å²) in [6.45, 7) is 2.49. The normalized spacial score (nSPS) is 11.0. The average molecular weight is 618 g/mol. The second-order valence-electron chi connectivity index (χ2n) is 9.72. The lowest BCUT2D eigenvalue weighted by molar-refractivity contribution is -0.114. The van der Waals surface area contributed by atoms with Gasteiger partial charge in [0.15, 0.2) is 0 Å². The largest absolute Gasteiger partial charge is 0.494 e. The lowest BCUT2D eigenvalue weighted by Gasteiger charge is -2.11. The smallest absolute Gasteiger partial charge is 0.272 e. The fourth-order valence-corrected chi connectivity index (χ4v) is 4.95. The van der Waals surface area contributed by atoms with Crippen molar-refractivity contribution in [3.8, 4) is 17.1 Å². The molecule has 0 aliphatic rings. The molecule has 0 radical (unpaired) electrons. The number of carbonyl (C=O) groups excluding carboxylic acids is 3. The lowest BCUT2D eigenvalue weighted by atomic mass is 10.2. The Balaban J connectivity index is 1.23. The highest BCUT2D eigenvalue weighted by Gasteiger charge is 2.16. The van der Waals surface area contributed by atoms with Crippen LogP contribution in [0.2, 0.25) is 0 Å². The van der Waals surface area contributed by atoms with E-state index in [1.807, 2.05) is 73.7 Å².